The second-order valence-corrected chi connectivity index (χ2v) is 7.90. The van der Waals surface area contributed by atoms with Gasteiger partial charge >= 0.3 is 0 Å². The summed E-state index contributed by atoms with van der Waals surface area (Å²) in [6.45, 7) is 2.50. The number of anilines is 1. The highest BCUT2D eigenvalue weighted by molar-refractivity contribution is 7.99. The molecule has 140 valence electrons. The molecule has 0 aliphatic carbocycles. The van der Waals surface area contributed by atoms with Crippen molar-refractivity contribution in [1.29, 1.82) is 0 Å². The van der Waals surface area contributed by atoms with E-state index in [-0.39, 0.29) is 11.8 Å². The highest BCUT2D eigenvalue weighted by Crippen LogP contribution is 2.41. The number of amides is 2. The van der Waals surface area contributed by atoms with E-state index in [1.807, 2.05) is 67.6 Å². The molecule has 0 spiro atoms. The van der Waals surface area contributed by atoms with E-state index in [0.717, 1.165) is 21.0 Å². The third-order valence-electron chi connectivity index (χ3n) is 4.80. The molecule has 2 amide bonds. The number of nitrogens with one attached hydrogen (secondary N) is 1. The van der Waals surface area contributed by atoms with Gasteiger partial charge in [0.2, 0.25) is 0 Å². The summed E-state index contributed by atoms with van der Waals surface area (Å²) >= 11 is 1.55. The molecule has 0 aromatic heterocycles. The molecule has 0 saturated carbocycles. The number of fused-ring (bicyclic) bond motifs is 2. The van der Waals surface area contributed by atoms with Gasteiger partial charge in [0.15, 0.2) is 0 Å². The lowest BCUT2D eigenvalue weighted by atomic mass is 10.1. The molecule has 3 aromatic rings. The molecule has 1 aliphatic heterocycles. The number of hydrogen-bond donors (Lipinski definition) is 1. The maximum atomic E-state index is 12.8. The average Bonchev–Trinajstić information content (AvgIpc) is 2.82. The Morgan fingerprint density at radius 1 is 1.00 bits per heavy atom. The minimum atomic E-state index is -0.156. The lowest BCUT2D eigenvalue weighted by Crippen LogP contribution is -2.27. The van der Waals surface area contributed by atoms with Gasteiger partial charge < -0.3 is 10.2 Å². The SMILES string of the molecule is Cc1ccc(CNC(=O)c2ccc3c(c2)N(C)C(=O)c2ccccc2S3)cc1. The number of carbonyl (C=O) groups excluding carboxylic acids is 2. The topological polar surface area (TPSA) is 49.4 Å². The summed E-state index contributed by atoms with van der Waals surface area (Å²) in [5, 5.41) is 2.95. The van der Waals surface area contributed by atoms with Crippen LogP contribution in [0.15, 0.2) is 76.5 Å². The van der Waals surface area contributed by atoms with Crippen LogP contribution in [0.1, 0.15) is 31.8 Å². The Hall–Kier alpha value is -3.05. The number of benzene rings is 3. The zero-order valence-electron chi connectivity index (χ0n) is 15.7. The molecule has 0 fully saturated rings. The molecular formula is C23H20N2O2S. The van der Waals surface area contributed by atoms with E-state index >= 15 is 0 Å². The highest BCUT2D eigenvalue weighted by Gasteiger charge is 2.25. The molecule has 0 atom stereocenters. The van der Waals surface area contributed by atoms with Crippen LogP contribution < -0.4 is 10.2 Å². The van der Waals surface area contributed by atoms with Crippen molar-refractivity contribution >= 4 is 29.3 Å². The summed E-state index contributed by atoms with van der Waals surface area (Å²) < 4.78 is 0. The van der Waals surface area contributed by atoms with Gasteiger partial charge in [-0.3, -0.25) is 9.59 Å². The number of carbonyl (C=O) groups is 2. The minimum absolute atomic E-state index is 0.0703. The van der Waals surface area contributed by atoms with Crippen LogP contribution in [0, 0.1) is 6.92 Å². The Balaban J connectivity index is 1.57. The standard InChI is InChI=1S/C23H20N2O2S/c1-15-7-9-16(10-8-15)14-24-22(26)17-11-12-21-19(13-17)25(2)23(27)18-5-3-4-6-20(18)28-21/h3-13H,14H2,1-2H3,(H,24,26). The maximum Gasteiger partial charge on any atom is 0.259 e. The normalized spacial score (nSPS) is 12.8. The van der Waals surface area contributed by atoms with E-state index in [1.54, 1.807) is 29.8 Å². The summed E-state index contributed by atoms with van der Waals surface area (Å²) in [7, 11) is 1.75. The Morgan fingerprint density at radius 3 is 2.54 bits per heavy atom. The molecule has 0 radical (unpaired) electrons. The lowest BCUT2D eigenvalue weighted by Gasteiger charge is -2.18. The molecule has 28 heavy (non-hydrogen) atoms. The van der Waals surface area contributed by atoms with Crippen LogP contribution in [0.25, 0.3) is 0 Å². The maximum absolute atomic E-state index is 12.8. The second-order valence-electron chi connectivity index (χ2n) is 6.81. The van der Waals surface area contributed by atoms with Gasteiger partial charge in [-0.2, -0.15) is 0 Å². The van der Waals surface area contributed by atoms with Crippen LogP contribution in [0.2, 0.25) is 0 Å². The highest BCUT2D eigenvalue weighted by atomic mass is 32.2. The fourth-order valence-corrected chi connectivity index (χ4v) is 4.22. The van der Waals surface area contributed by atoms with Gasteiger partial charge in [-0.1, -0.05) is 53.7 Å². The molecule has 1 heterocycles. The molecule has 3 aromatic carbocycles. The van der Waals surface area contributed by atoms with Gasteiger partial charge in [0.25, 0.3) is 11.8 Å². The van der Waals surface area contributed by atoms with Crippen molar-refractivity contribution in [2.24, 2.45) is 0 Å². The third-order valence-corrected chi connectivity index (χ3v) is 5.94. The largest absolute Gasteiger partial charge is 0.348 e. The Bertz CT molecular complexity index is 1060. The number of aryl methyl sites for hydroxylation is 1. The van der Waals surface area contributed by atoms with Gasteiger partial charge in [0, 0.05) is 28.9 Å². The summed E-state index contributed by atoms with van der Waals surface area (Å²) in [5.74, 6) is -0.227. The van der Waals surface area contributed by atoms with Crippen molar-refractivity contribution < 1.29 is 9.59 Å². The van der Waals surface area contributed by atoms with E-state index in [2.05, 4.69) is 5.32 Å². The predicted molar refractivity (Wildman–Crippen MR) is 112 cm³/mol. The van der Waals surface area contributed by atoms with Crippen LogP contribution in [0.5, 0.6) is 0 Å². The number of rotatable bonds is 3. The zero-order valence-corrected chi connectivity index (χ0v) is 16.5. The smallest absolute Gasteiger partial charge is 0.259 e. The Labute approximate surface area is 168 Å². The molecule has 4 nitrogen and oxygen atoms in total. The Kier molecular flexibility index (Phi) is 4.92. The zero-order chi connectivity index (χ0) is 19.7. The van der Waals surface area contributed by atoms with Gasteiger partial charge in [-0.25, -0.2) is 0 Å². The number of hydrogen-bond acceptors (Lipinski definition) is 3. The molecule has 4 rings (SSSR count). The van der Waals surface area contributed by atoms with Gasteiger partial charge in [-0.15, -0.1) is 0 Å². The van der Waals surface area contributed by atoms with Crippen molar-refractivity contribution in [3.63, 3.8) is 0 Å². The number of nitrogens with zero attached hydrogens (tertiary/aromatic N) is 1. The molecule has 0 bridgehead atoms. The fraction of sp³-hybridized carbons (Fsp3) is 0.130. The van der Waals surface area contributed by atoms with Gasteiger partial charge in [-0.05, 0) is 42.8 Å². The van der Waals surface area contributed by atoms with Gasteiger partial charge in [0.1, 0.15) is 0 Å². The first-order chi connectivity index (χ1) is 13.5. The first kappa shape index (κ1) is 18.3. The van der Waals surface area contributed by atoms with Crippen LogP contribution >= 0.6 is 11.8 Å². The van der Waals surface area contributed by atoms with Crippen molar-refractivity contribution in [1.82, 2.24) is 5.32 Å². The van der Waals surface area contributed by atoms with Crippen LogP contribution in [0.3, 0.4) is 0 Å². The minimum Gasteiger partial charge on any atom is -0.348 e. The summed E-state index contributed by atoms with van der Waals surface area (Å²) in [4.78, 5) is 29.0. The quantitative estimate of drug-likeness (QED) is 0.710. The van der Waals surface area contributed by atoms with E-state index in [4.69, 9.17) is 0 Å². The lowest BCUT2D eigenvalue weighted by molar-refractivity contribution is 0.0948. The average molecular weight is 388 g/mol. The summed E-state index contributed by atoms with van der Waals surface area (Å²) in [5.41, 5.74) is 4.20. The molecule has 1 aliphatic rings. The van der Waals surface area contributed by atoms with E-state index in [1.165, 1.54) is 5.56 Å². The first-order valence-corrected chi connectivity index (χ1v) is 9.87. The van der Waals surface area contributed by atoms with E-state index < -0.39 is 0 Å². The second kappa shape index (κ2) is 7.52. The van der Waals surface area contributed by atoms with Crippen molar-refractivity contribution in [3.05, 3.63) is 89.0 Å². The van der Waals surface area contributed by atoms with Crippen molar-refractivity contribution in [3.8, 4) is 0 Å². The Morgan fingerprint density at radius 2 is 1.75 bits per heavy atom. The van der Waals surface area contributed by atoms with Gasteiger partial charge in [0.05, 0.1) is 11.3 Å². The molecule has 0 saturated heterocycles. The molecule has 0 unspecified atom stereocenters. The molecule has 1 N–H and O–H groups in total. The fourth-order valence-electron chi connectivity index (χ4n) is 3.14. The van der Waals surface area contributed by atoms with Crippen LogP contribution in [0.4, 0.5) is 5.69 Å². The summed E-state index contributed by atoms with van der Waals surface area (Å²) in [6, 6.07) is 21.2. The monoisotopic (exact) mass is 388 g/mol. The van der Waals surface area contributed by atoms with Crippen LogP contribution in [-0.2, 0) is 6.54 Å². The third kappa shape index (κ3) is 3.53. The van der Waals surface area contributed by atoms with Crippen molar-refractivity contribution in [2.75, 3.05) is 11.9 Å². The first-order valence-electron chi connectivity index (χ1n) is 9.05. The van der Waals surface area contributed by atoms with Crippen molar-refractivity contribution in [2.45, 2.75) is 23.3 Å². The molecule has 5 heteroatoms. The van der Waals surface area contributed by atoms with E-state index in [9.17, 15) is 9.59 Å². The summed E-state index contributed by atoms with van der Waals surface area (Å²) in [6.07, 6.45) is 0. The van der Waals surface area contributed by atoms with E-state index in [0.29, 0.717) is 17.7 Å². The predicted octanol–water partition coefficient (Wildman–Crippen LogP) is 4.67. The molecular weight excluding hydrogens is 368 g/mol. The van der Waals surface area contributed by atoms with Crippen LogP contribution in [-0.4, -0.2) is 18.9 Å².